The SMILES string of the molecule is Cc1ccsc1NC(=O)[C@H]1N(C(=O)[C@@H](O)C[C@H](Cc2ccccc2)C(=O)N[C@H]2c3ccccc3OC[C@H]2O)CSC1(C)C. The lowest BCUT2D eigenvalue weighted by Gasteiger charge is -2.33. The van der Waals surface area contributed by atoms with Gasteiger partial charge < -0.3 is 30.5 Å². The van der Waals surface area contributed by atoms with Crippen molar-refractivity contribution in [2.24, 2.45) is 5.92 Å². The first-order chi connectivity index (χ1) is 20.5. The topological polar surface area (TPSA) is 128 Å². The van der Waals surface area contributed by atoms with E-state index >= 15 is 0 Å². The summed E-state index contributed by atoms with van der Waals surface area (Å²) in [5.41, 5.74) is 2.47. The van der Waals surface area contributed by atoms with Crippen molar-refractivity contribution in [2.45, 2.75) is 62.7 Å². The van der Waals surface area contributed by atoms with E-state index in [0.717, 1.165) is 16.1 Å². The standard InChI is InChI=1S/C32H37N3O6S2/c1-19-13-14-42-30(19)34-29(39)27-32(2,3)43-18-35(27)31(40)23(36)16-21(15-20-9-5-4-6-10-20)28(38)33-26-22-11-7-8-12-25(22)41-17-24(26)37/h4-14,21,23-24,26-27,36-37H,15-18H2,1-3H3,(H,33,38)(H,34,39)/t21-,23-,24+,26-,27+/m0/s1. The van der Waals surface area contributed by atoms with E-state index in [-0.39, 0.29) is 31.2 Å². The smallest absolute Gasteiger partial charge is 0.252 e. The molecule has 0 saturated carbocycles. The van der Waals surface area contributed by atoms with Gasteiger partial charge in [-0.05, 0) is 62.3 Å². The fraction of sp³-hybridized carbons (Fsp3) is 0.406. The number of hydrogen-bond acceptors (Lipinski definition) is 8. The molecule has 43 heavy (non-hydrogen) atoms. The summed E-state index contributed by atoms with van der Waals surface area (Å²) in [5.74, 6) is -1.26. The molecule has 2 aliphatic rings. The highest BCUT2D eigenvalue weighted by molar-refractivity contribution is 8.00. The van der Waals surface area contributed by atoms with E-state index in [9.17, 15) is 24.6 Å². The Morgan fingerprint density at radius 3 is 2.53 bits per heavy atom. The predicted octanol–water partition coefficient (Wildman–Crippen LogP) is 3.90. The first-order valence-electron chi connectivity index (χ1n) is 14.3. The number of fused-ring (bicyclic) bond motifs is 1. The lowest BCUT2D eigenvalue weighted by Crippen LogP contribution is -2.54. The number of benzene rings is 2. The van der Waals surface area contributed by atoms with Crippen molar-refractivity contribution in [3.05, 3.63) is 82.7 Å². The average molecular weight is 624 g/mol. The van der Waals surface area contributed by atoms with Crippen LogP contribution in [0.4, 0.5) is 5.00 Å². The number of rotatable bonds is 9. The van der Waals surface area contributed by atoms with Crippen LogP contribution in [0.3, 0.4) is 0 Å². The number of thiophene rings is 1. The molecule has 3 amide bonds. The maximum absolute atomic E-state index is 13.8. The van der Waals surface area contributed by atoms with Crippen molar-refractivity contribution >= 4 is 45.8 Å². The molecule has 3 aromatic rings. The first-order valence-corrected chi connectivity index (χ1v) is 16.1. The van der Waals surface area contributed by atoms with Crippen LogP contribution in [-0.2, 0) is 20.8 Å². The van der Waals surface area contributed by atoms with Crippen molar-refractivity contribution in [3.63, 3.8) is 0 Å². The number of ether oxygens (including phenoxy) is 1. The van der Waals surface area contributed by atoms with Gasteiger partial charge in [0.2, 0.25) is 11.8 Å². The van der Waals surface area contributed by atoms with E-state index < -0.39 is 46.8 Å². The van der Waals surface area contributed by atoms with E-state index in [1.165, 1.54) is 28.0 Å². The van der Waals surface area contributed by atoms with E-state index in [2.05, 4.69) is 10.6 Å². The Hall–Kier alpha value is -3.38. The minimum Gasteiger partial charge on any atom is -0.490 e. The minimum absolute atomic E-state index is 0.0310. The molecule has 228 valence electrons. The highest BCUT2D eigenvalue weighted by Crippen LogP contribution is 2.41. The van der Waals surface area contributed by atoms with E-state index in [4.69, 9.17) is 4.74 Å². The Morgan fingerprint density at radius 1 is 1.09 bits per heavy atom. The van der Waals surface area contributed by atoms with Crippen LogP contribution in [0.1, 0.15) is 43.0 Å². The molecule has 11 heteroatoms. The summed E-state index contributed by atoms with van der Waals surface area (Å²) in [6.07, 6.45) is -2.35. The molecule has 5 rings (SSSR count). The summed E-state index contributed by atoms with van der Waals surface area (Å²) in [4.78, 5) is 42.4. The van der Waals surface area contributed by atoms with Crippen LogP contribution in [0.25, 0.3) is 0 Å². The Balaban J connectivity index is 1.34. The number of para-hydroxylation sites is 1. The predicted molar refractivity (Wildman–Crippen MR) is 168 cm³/mol. The molecule has 3 heterocycles. The summed E-state index contributed by atoms with van der Waals surface area (Å²) < 4.78 is 5.03. The van der Waals surface area contributed by atoms with Crippen LogP contribution < -0.4 is 15.4 Å². The van der Waals surface area contributed by atoms with Crippen LogP contribution in [0.15, 0.2) is 66.0 Å². The maximum Gasteiger partial charge on any atom is 0.252 e. The summed E-state index contributed by atoms with van der Waals surface area (Å²) in [7, 11) is 0. The number of hydrogen-bond donors (Lipinski definition) is 4. The Morgan fingerprint density at radius 2 is 1.81 bits per heavy atom. The van der Waals surface area contributed by atoms with Crippen LogP contribution in [0.5, 0.6) is 5.75 Å². The monoisotopic (exact) mass is 623 g/mol. The van der Waals surface area contributed by atoms with Crippen LogP contribution >= 0.6 is 23.1 Å². The second-order valence-electron chi connectivity index (χ2n) is 11.6. The normalized spacial score (nSPS) is 22.2. The molecule has 0 unspecified atom stereocenters. The lowest BCUT2D eigenvalue weighted by atomic mass is 9.90. The van der Waals surface area contributed by atoms with Crippen molar-refractivity contribution in [3.8, 4) is 5.75 Å². The molecule has 5 atom stereocenters. The van der Waals surface area contributed by atoms with Gasteiger partial charge in [0.1, 0.15) is 30.6 Å². The van der Waals surface area contributed by atoms with Crippen molar-refractivity contribution in [2.75, 3.05) is 17.8 Å². The minimum atomic E-state index is -1.51. The van der Waals surface area contributed by atoms with Gasteiger partial charge in [-0.3, -0.25) is 14.4 Å². The Kier molecular flexibility index (Phi) is 9.45. The third kappa shape index (κ3) is 6.90. The molecule has 4 N–H and O–H groups in total. The number of aliphatic hydroxyl groups excluding tert-OH is 2. The third-order valence-corrected chi connectivity index (χ3v) is 10.3. The molecule has 1 aromatic heterocycles. The van der Waals surface area contributed by atoms with Crippen LogP contribution in [0.2, 0.25) is 0 Å². The zero-order valence-corrected chi connectivity index (χ0v) is 26.0. The number of carbonyl (C=O) groups excluding carboxylic acids is 3. The Labute approximate surface area is 259 Å². The van der Waals surface area contributed by atoms with E-state index in [0.29, 0.717) is 11.3 Å². The summed E-state index contributed by atoms with van der Waals surface area (Å²) >= 11 is 2.88. The van der Waals surface area contributed by atoms with Crippen LogP contribution in [-0.4, -0.2) is 68.3 Å². The molecular formula is C32H37N3O6S2. The zero-order valence-electron chi connectivity index (χ0n) is 24.4. The van der Waals surface area contributed by atoms with Gasteiger partial charge in [0, 0.05) is 16.2 Å². The molecule has 0 bridgehead atoms. The molecule has 2 aromatic carbocycles. The number of aliphatic hydroxyl groups is 2. The number of anilines is 1. The van der Waals surface area contributed by atoms with Crippen molar-refractivity contribution in [1.82, 2.24) is 10.2 Å². The van der Waals surface area contributed by atoms with E-state index in [1.807, 2.05) is 74.7 Å². The second-order valence-corrected chi connectivity index (χ2v) is 14.1. The molecule has 0 aliphatic carbocycles. The second kappa shape index (κ2) is 13.1. The van der Waals surface area contributed by atoms with Gasteiger partial charge in [0.15, 0.2) is 0 Å². The third-order valence-electron chi connectivity index (χ3n) is 8.01. The number of nitrogens with zero attached hydrogens (tertiary/aromatic N) is 1. The largest absolute Gasteiger partial charge is 0.490 e. The fourth-order valence-corrected chi connectivity index (χ4v) is 7.59. The number of aryl methyl sites for hydroxylation is 1. The summed E-state index contributed by atoms with van der Waals surface area (Å²) in [6.45, 7) is 5.75. The van der Waals surface area contributed by atoms with Gasteiger partial charge in [-0.15, -0.1) is 23.1 Å². The van der Waals surface area contributed by atoms with Gasteiger partial charge in [-0.2, -0.15) is 0 Å². The van der Waals surface area contributed by atoms with Gasteiger partial charge in [0.05, 0.1) is 16.9 Å². The highest BCUT2D eigenvalue weighted by Gasteiger charge is 2.49. The first kappa shape index (κ1) is 31.1. The summed E-state index contributed by atoms with van der Waals surface area (Å²) in [5, 5.41) is 30.5. The number of thioether (sulfide) groups is 1. The van der Waals surface area contributed by atoms with Gasteiger partial charge in [0.25, 0.3) is 5.91 Å². The molecule has 9 nitrogen and oxygen atoms in total. The molecule has 1 saturated heterocycles. The molecule has 2 aliphatic heterocycles. The maximum atomic E-state index is 13.8. The quantitative estimate of drug-likeness (QED) is 0.285. The van der Waals surface area contributed by atoms with Gasteiger partial charge >= 0.3 is 0 Å². The van der Waals surface area contributed by atoms with Crippen LogP contribution in [0, 0.1) is 12.8 Å². The molecule has 0 spiro atoms. The van der Waals surface area contributed by atoms with Gasteiger partial charge in [-0.1, -0.05) is 48.5 Å². The van der Waals surface area contributed by atoms with Crippen molar-refractivity contribution in [1.29, 1.82) is 0 Å². The number of amides is 3. The average Bonchev–Trinajstić information content (AvgIpc) is 3.54. The van der Waals surface area contributed by atoms with Crippen molar-refractivity contribution < 1.29 is 29.3 Å². The highest BCUT2D eigenvalue weighted by atomic mass is 32.2. The number of nitrogens with one attached hydrogen (secondary N) is 2. The number of carbonyl (C=O) groups is 3. The molecule has 1 fully saturated rings. The molecule has 0 radical (unpaired) electrons. The zero-order chi connectivity index (χ0) is 30.7. The van der Waals surface area contributed by atoms with E-state index in [1.54, 1.807) is 12.1 Å². The molecular weight excluding hydrogens is 587 g/mol. The summed E-state index contributed by atoms with van der Waals surface area (Å²) in [6, 6.07) is 17.0. The lowest BCUT2D eigenvalue weighted by molar-refractivity contribution is -0.146. The van der Waals surface area contributed by atoms with Gasteiger partial charge in [-0.25, -0.2) is 0 Å². The Bertz CT molecular complexity index is 1460. The fourth-order valence-electron chi connectivity index (χ4n) is 5.63.